The molecule has 1 fully saturated rings. The van der Waals surface area contributed by atoms with Crippen LogP contribution in [-0.4, -0.2) is 27.5 Å². The summed E-state index contributed by atoms with van der Waals surface area (Å²) in [6.45, 7) is 0.570. The van der Waals surface area contributed by atoms with E-state index in [-0.39, 0.29) is 17.9 Å². The van der Waals surface area contributed by atoms with E-state index < -0.39 is 0 Å². The molecule has 120 valence electrons. The van der Waals surface area contributed by atoms with E-state index in [1.54, 1.807) is 24.8 Å². The van der Waals surface area contributed by atoms with Crippen molar-refractivity contribution in [1.29, 1.82) is 0 Å². The van der Waals surface area contributed by atoms with Crippen molar-refractivity contribution in [1.82, 2.24) is 15.0 Å². The summed E-state index contributed by atoms with van der Waals surface area (Å²) in [5, 5.41) is 2.97. The molecule has 0 spiro atoms. The molecule has 1 aromatic carbocycles. The van der Waals surface area contributed by atoms with Gasteiger partial charge in [-0.15, -0.1) is 0 Å². The lowest BCUT2D eigenvalue weighted by atomic mass is 9.95. The highest BCUT2D eigenvalue weighted by Crippen LogP contribution is 2.35. The van der Waals surface area contributed by atoms with Crippen molar-refractivity contribution in [2.75, 3.05) is 11.9 Å². The molecule has 1 amide bonds. The third kappa shape index (κ3) is 2.83. The molecule has 0 saturated carbocycles. The van der Waals surface area contributed by atoms with E-state index in [1.807, 2.05) is 30.3 Å². The first-order valence-electron chi connectivity index (χ1n) is 7.84. The fraction of sp³-hybridized carbons (Fsp3) is 0.222. The van der Waals surface area contributed by atoms with E-state index >= 15 is 0 Å². The van der Waals surface area contributed by atoms with Crippen molar-refractivity contribution in [2.24, 2.45) is 5.92 Å². The Bertz CT molecular complexity index is 869. The molecule has 0 aliphatic carbocycles. The Morgan fingerprint density at radius 3 is 2.83 bits per heavy atom. The molecule has 3 heterocycles. The first-order valence-corrected chi connectivity index (χ1v) is 7.84. The van der Waals surface area contributed by atoms with Gasteiger partial charge >= 0.3 is 0 Å². The van der Waals surface area contributed by atoms with Crippen LogP contribution in [0.5, 0.6) is 0 Å². The van der Waals surface area contributed by atoms with Crippen molar-refractivity contribution in [3.8, 4) is 0 Å². The first-order chi connectivity index (χ1) is 11.8. The van der Waals surface area contributed by atoms with Gasteiger partial charge in [0, 0.05) is 37.1 Å². The molecule has 6 nitrogen and oxygen atoms in total. The van der Waals surface area contributed by atoms with Crippen LogP contribution < -0.4 is 5.32 Å². The lowest BCUT2D eigenvalue weighted by molar-refractivity contribution is -0.121. The van der Waals surface area contributed by atoms with Crippen LogP contribution in [0.3, 0.4) is 0 Å². The lowest BCUT2D eigenvalue weighted by Gasteiger charge is -2.18. The third-order valence-corrected chi connectivity index (χ3v) is 4.18. The van der Waals surface area contributed by atoms with Gasteiger partial charge in [0.05, 0.1) is 23.1 Å². The summed E-state index contributed by atoms with van der Waals surface area (Å²) in [5.41, 5.74) is 3.19. The first kappa shape index (κ1) is 14.7. The molecule has 0 bridgehead atoms. The Balaban J connectivity index is 1.54. The number of carbonyl (C=O) groups excluding carboxylic acids is 1. The Morgan fingerprint density at radius 2 is 2.00 bits per heavy atom. The van der Waals surface area contributed by atoms with Gasteiger partial charge in [-0.05, 0) is 36.2 Å². The van der Waals surface area contributed by atoms with Crippen LogP contribution in [0.1, 0.15) is 18.1 Å². The predicted molar refractivity (Wildman–Crippen MR) is 89.2 cm³/mol. The average Bonchev–Trinajstić information content (AvgIpc) is 3.12. The van der Waals surface area contributed by atoms with Crippen LogP contribution in [0, 0.1) is 5.92 Å². The van der Waals surface area contributed by atoms with Crippen LogP contribution in [-0.2, 0) is 9.53 Å². The standard InChI is InChI=1S/C18H16N4O2/c23-18(14-5-9-24-17(14)12-2-1-6-19-11-12)22-13-3-4-15-16(10-13)21-8-7-20-15/h1-4,6-8,10-11,14,17H,5,9H2,(H,22,23)/t14-,17+/m0/s1. The summed E-state index contributed by atoms with van der Waals surface area (Å²) in [7, 11) is 0. The quantitative estimate of drug-likeness (QED) is 0.803. The summed E-state index contributed by atoms with van der Waals surface area (Å²) in [6, 6.07) is 9.31. The normalized spacial score (nSPS) is 20.2. The molecule has 1 aliphatic rings. The highest BCUT2D eigenvalue weighted by atomic mass is 16.5. The maximum absolute atomic E-state index is 12.7. The van der Waals surface area contributed by atoms with Gasteiger partial charge in [-0.25, -0.2) is 0 Å². The van der Waals surface area contributed by atoms with E-state index in [0.29, 0.717) is 18.7 Å². The number of benzene rings is 1. The zero-order valence-electron chi connectivity index (χ0n) is 12.9. The third-order valence-electron chi connectivity index (χ3n) is 4.18. The summed E-state index contributed by atoms with van der Waals surface area (Å²) in [4.78, 5) is 25.3. The molecule has 0 unspecified atom stereocenters. The van der Waals surface area contributed by atoms with Crippen molar-refractivity contribution < 1.29 is 9.53 Å². The van der Waals surface area contributed by atoms with Crippen LogP contribution in [0.15, 0.2) is 55.1 Å². The minimum Gasteiger partial charge on any atom is -0.373 e. The molecule has 4 rings (SSSR count). The number of aromatic nitrogens is 3. The molecule has 3 aromatic rings. The lowest BCUT2D eigenvalue weighted by Crippen LogP contribution is -2.25. The summed E-state index contributed by atoms with van der Waals surface area (Å²) in [5.74, 6) is -0.281. The van der Waals surface area contributed by atoms with Crippen LogP contribution in [0.2, 0.25) is 0 Å². The Kier molecular flexibility index (Phi) is 3.88. The number of anilines is 1. The minimum atomic E-state index is -0.251. The molecule has 1 aliphatic heterocycles. The van der Waals surface area contributed by atoms with Crippen molar-refractivity contribution in [3.63, 3.8) is 0 Å². The molecule has 1 saturated heterocycles. The van der Waals surface area contributed by atoms with Gasteiger partial charge in [0.25, 0.3) is 0 Å². The molecular formula is C18H16N4O2. The van der Waals surface area contributed by atoms with Gasteiger partial charge in [0.15, 0.2) is 0 Å². The fourth-order valence-electron chi connectivity index (χ4n) is 3.01. The summed E-state index contributed by atoms with van der Waals surface area (Å²) in [6.07, 6.45) is 7.19. The Labute approximate surface area is 138 Å². The zero-order chi connectivity index (χ0) is 16.4. The maximum atomic E-state index is 12.7. The average molecular weight is 320 g/mol. The monoisotopic (exact) mass is 320 g/mol. The Morgan fingerprint density at radius 1 is 1.12 bits per heavy atom. The zero-order valence-corrected chi connectivity index (χ0v) is 12.9. The van der Waals surface area contributed by atoms with E-state index in [4.69, 9.17) is 4.74 Å². The fourth-order valence-corrected chi connectivity index (χ4v) is 3.01. The van der Waals surface area contributed by atoms with Gasteiger partial charge in [0.2, 0.25) is 5.91 Å². The smallest absolute Gasteiger partial charge is 0.230 e. The van der Waals surface area contributed by atoms with Gasteiger partial charge in [-0.3, -0.25) is 19.7 Å². The number of rotatable bonds is 3. The van der Waals surface area contributed by atoms with Gasteiger partial charge < -0.3 is 10.1 Å². The number of amides is 1. The maximum Gasteiger partial charge on any atom is 0.230 e. The summed E-state index contributed by atoms with van der Waals surface area (Å²) < 4.78 is 5.76. The van der Waals surface area contributed by atoms with Crippen molar-refractivity contribution >= 4 is 22.6 Å². The number of nitrogens with zero attached hydrogens (tertiary/aromatic N) is 3. The molecule has 6 heteroatoms. The van der Waals surface area contributed by atoms with E-state index in [2.05, 4.69) is 20.3 Å². The SMILES string of the molecule is O=C(Nc1ccc2nccnc2c1)[C@H]1CCO[C@@H]1c1cccnc1. The second kappa shape index (κ2) is 6.33. The highest BCUT2D eigenvalue weighted by molar-refractivity contribution is 5.95. The van der Waals surface area contributed by atoms with Gasteiger partial charge in [0.1, 0.15) is 0 Å². The van der Waals surface area contributed by atoms with Gasteiger partial charge in [-0.1, -0.05) is 6.07 Å². The van der Waals surface area contributed by atoms with E-state index in [9.17, 15) is 4.79 Å². The topological polar surface area (TPSA) is 77.0 Å². The highest BCUT2D eigenvalue weighted by Gasteiger charge is 2.35. The molecule has 2 aromatic heterocycles. The largest absolute Gasteiger partial charge is 0.373 e. The van der Waals surface area contributed by atoms with Crippen molar-refractivity contribution in [2.45, 2.75) is 12.5 Å². The second-order valence-corrected chi connectivity index (χ2v) is 5.72. The number of hydrogen-bond donors (Lipinski definition) is 1. The number of hydrogen-bond acceptors (Lipinski definition) is 5. The number of fused-ring (bicyclic) bond motifs is 1. The molecule has 1 N–H and O–H groups in total. The van der Waals surface area contributed by atoms with E-state index in [1.165, 1.54) is 0 Å². The number of pyridine rings is 1. The second-order valence-electron chi connectivity index (χ2n) is 5.72. The van der Waals surface area contributed by atoms with Crippen molar-refractivity contribution in [3.05, 3.63) is 60.7 Å². The number of nitrogens with one attached hydrogen (secondary N) is 1. The number of carbonyl (C=O) groups is 1. The molecular weight excluding hydrogens is 304 g/mol. The Hall–Kier alpha value is -2.86. The minimum absolute atomic E-state index is 0.0513. The predicted octanol–water partition coefficient (Wildman–Crippen LogP) is 2.74. The van der Waals surface area contributed by atoms with Crippen LogP contribution in [0.4, 0.5) is 5.69 Å². The number of ether oxygens (including phenoxy) is 1. The molecule has 24 heavy (non-hydrogen) atoms. The molecule has 0 radical (unpaired) electrons. The molecule has 2 atom stereocenters. The van der Waals surface area contributed by atoms with E-state index in [0.717, 1.165) is 16.6 Å². The van der Waals surface area contributed by atoms with Crippen LogP contribution in [0.25, 0.3) is 11.0 Å². The van der Waals surface area contributed by atoms with Crippen LogP contribution >= 0.6 is 0 Å². The van der Waals surface area contributed by atoms with Gasteiger partial charge in [-0.2, -0.15) is 0 Å². The summed E-state index contributed by atoms with van der Waals surface area (Å²) >= 11 is 0.